The molecule has 1 amide bonds. The maximum atomic E-state index is 12.5. The summed E-state index contributed by atoms with van der Waals surface area (Å²) < 4.78 is 11.1. The van der Waals surface area contributed by atoms with Crippen molar-refractivity contribution < 1.29 is 14.3 Å². The average molecular weight is 313 g/mol. The number of anilines is 1. The molecule has 0 aliphatic rings. The number of carbonyl (C=O) groups excluding carboxylic acids is 1. The van der Waals surface area contributed by atoms with Crippen molar-refractivity contribution in [3.8, 4) is 11.5 Å². The molecular weight excluding hydrogens is 290 g/mol. The molecule has 0 spiro atoms. The normalized spacial score (nSPS) is 11.7. The first-order valence-corrected chi connectivity index (χ1v) is 7.73. The molecule has 4 heteroatoms. The standard InChI is InChI=1S/C19H23NO3/c1-5-16(23-18-9-7-6-8-17(18)22-4)19(21)20-15-12-13(2)10-11-14(15)3/h6-12,16H,5H2,1-4H3,(H,20,21). The van der Waals surface area contributed by atoms with Crippen LogP contribution in [0.4, 0.5) is 5.69 Å². The number of ether oxygens (including phenoxy) is 2. The lowest BCUT2D eigenvalue weighted by molar-refractivity contribution is -0.122. The second-order valence-electron chi connectivity index (χ2n) is 5.47. The number of carbonyl (C=O) groups is 1. The van der Waals surface area contributed by atoms with Crippen LogP contribution in [0.5, 0.6) is 11.5 Å². The molecule has 0 bridgehead atoms. The fourth-order valence-electron chi connectivity index (χ4n) is 2.28. The van der Waals surface area contributed by atoms with E-state index in [-0.39, 0.29) is 5.91 Å². The summed E-state index contributed by atoms with van der Waals surface area (Å²) in [6, 6.07) is 13.3. The summed E-state index contributed by atoms with van der Waals surface area (Å²) in [4.78, 5) is 12.5. The van der Waals surface area contributed by atoms with Gasteiger partial charge in [-0.2, -0.15) is 0 Å². The topological polar surface area (TPSA) is 47.6 Å². The van der Waals surface area contributed by atoms with Crippen LogP contribution in [-0.2, 0) is 4.79 Å². The number of hydrogen-bond acceptors (Lipinski definition) is 3. The van der Waals surface area contributed by atoms with Crippen LogP contribution in [0.15, 0.2) is 42.5 Å². The Labute approximate surface area is 137 Å². The number of para-hydroxylation sites is 2. The molecule has 0 saturated carbocycles. The average Bonchev–Trinajstić information content (AvgIpc) is 2.56. The van der Waals surface area contributed by atoms with Crippen LogP contribution in [0.2, 0.25) is 0 Å². The predicted octanol–water partition coefficient (Wildman–Crippen LogP) is 4.11. The molecule has 1 unspecified atom stereocenters. The fraction of sp³-hybridized carbons (Fsp3) is 0.316. The van der Waals surface area contributed by atoms with Crippen LogP contribution in [0.3, 0.4) is 0 Å². The van der Waals surface area contributed by atoms with Gasteiger partial charge in [-0.05, 0) is 49.6 Å². The van der Waals surface area contributed by atoms with Gasteiger partial charge in [0, 0.05) is 5.69 Å². The minimum atomic E-state index is -0.578. The molecule has 0 aliphatic carbocycles. The van der Waals surface area contributed by atoms with Crippen LogP contribution in [0.25, 0.3) is 0 Å². The van der Waals surface area contributed by atoms with Gasteiger partial charge in [0.15, 0.2) is 17.6 Å². The molecule has 1 atom stereocenters. The van der Waals surface area contributed by atoms with Crippen LogP contribution >= 0.6 is 0 Å². The highest BCUT2D eigenvalue weighted by Gasteiger charge is 2.20. The van der Waals surface area contributed by atoms with Crippen molar-refractivity contribution in [1.29, 1.82) is 0 Å². The van der Waals surface area contributed by atoms with E-state index in [1.165, 1.54) is 0 Å². The van der Waals surface area contributed by atoms with Gasteiger partial charge in [0.25, 0.3) is 5.91 Å². The van der Waals surface area contributed by atoms with Crippen molar-refractivity contribution in [2.45, 2.75) is 33.3 Å². The van der Waals surface area contributed by atoms with Crippen LogP contribution in [0.1, 0.15) is 24.5 Å². The first kappa shape index (κ1) is 16.9. The Morgan fingerprint density at radius 1 is 1.13 bits per heavy atom. The van der Waals surface area contributed by atoms with Gasteiger partial charge in [-0.3, -0.25) is 4.79 Å². The summed E-state index contributed by atoms with van der Waals surface area (Å²) in [5, 5.41) is 2.96. The molecule has 2 aromatic carbocycles. The number of benzene rings is 2. The van der Waals surface area contributed by atoms with Crippen molar-refractivity contribution in [3.63, 3.8) is 0 Å². The largest absolute Gasteiger partial charge is 0.493 e. The fourth-order valence-corrected chi connectivity index (χ4v) is 2.28. The number of rotatable bonds is 6. The van der Waals surface area contributed by atoms with E-state index >= 15 is 0 Å². The number of aryl methyl sites for hydroxylation is 2. The van der Waals surface area contributed by atoms with E-state index in [0.717, 1.165) is 16.8 Å². The summed E-state index contributed by atoms with van der Waals surface area (Å²) >= 11 is 0. The van der Waals surface area contributed by atoms with Gasteiger partial charge in [-0.15, -0.1) is 0 Å². The minimum absolute atomic E-state index is 0.160. The van der Waals surface area contributed by atoms with Gasteiger partial charge in [-0.1, -0.05) is 31.2 Å². The molecule has 0 fully saturated rings. The van der Waals surface area contributed by atoms with E-state index in [2.05, 4.69) is 5.32 Å². The molecule has 0 aromatic heterocycles. The third-order valence-corrected chi connectivity index (χ3v) is 3.65. The summed E-state index contributed by atoms with van der Waals surface area (Å²) in [5.74, 6) is 1.02. The van der Waals surface area contributed by atoms with Gasteiger partial charge in [-0.25, -0.2) is 0 Å². The highest BCUT2D eigenvalue weighted by Crippen LogP contribution is 2.27. The number of hydrogen-bond donors (Lipinski definition) is 1. The van der Waals surface area contributed by atoms with E-state index in [1.54, 1.807) is 13.2 Å². The van der Waals surface area contributed by atoms with E-state index < -0.39 is 6.10 Å². The molecule has 23 heavy (non-hydrogen) atoms. The highest BCUT2D eigenvalue weighted by atomic mass is 16.5. The Bertz CT molecular complexity index is 682. The molecule has 0 heterocycles. The van der Waals surface area contributed by atoms with Crippen molar-refractivity contribution in [3.05, 3.63) is 53.6 Å². The lowest BCUT2D eigenvalue weighted by atomic mass is 10.1. The molecule has 0 aliphatic heterocycles. The van der Waals surface area contributed by atoms with Gasteiger partial charge in [0.2, 0.25) is 0 Å². The monoisotopic (exact) mass is 313 g/mol. The van der Waals surface area contributed by atoms with Gasteiger partial charge in [0.1, 0.15) is 0 Å². The first-order valence-electron chi connectivity index (χ1n) is 7.73. The zero-order chi connectivity index (χ0) is 16.8. The Balaban J connectivity index is 2.14. The molecular formula is C19H23NO3. The van der Waals surface area contributed by atoms with Crippen molar-refractivity contribution in [2.75, 3.05) is 12.4 Å². The van der Waals surface area contributed by atoms with E-state index in [9.17, 15) is 4.79 Å². The summed E-state index contributed by atoms with van der Waals surface area (Å²) in [6.07, 6.45) is -0.0133. The lowest BCUT2D eigenvalue weighted by Gasteiger charge is -2.19. The number of amides is 1. The first-order chi connectivity index (χ1) is 11.0. The lowest BCUT2D eigenvalue weighted by Crippen LogP contribution is -2.32. The minimum Gasteiger partial charge on any atom is -0.493 e. The molecule has 2 rings (SSSR count). The van der Waals surface area contributed by atoms with Crippen LogP contribution in [0, 0.1) is 13.8 Å². The predicted molar refractivity (Wildman–Crippen MR) is 92.2 cm³/mol. The van der Waals surface area contributed by atoms with Crippen LogP contribution < -0.4 is 14.8 Å². The van der Waals surface area contributed by atoms with E-state index in [1.807, 2.05) is 57.2 Å². The molecule has 2 aromatic rings. The Morgan fingerprint density at radius 2 is 1.83 bits per heavy atom. The van der Waals surface area contributed by atoms with Gasteiger partial charge >= 0.3 is 0 Å². The van der Waals surface area contributed by atoms with Gasteiger partial charge in [0.05, 0.1) is 7.11 Å². The van der Waals surface area contributed by atoms with Gasteiger partial charge < -0.3 is 14.8 Å². The highest BCUT2D eigenvalue weighted by molar-refractivity contribution is 5.95. The Kier molecular flexibility index (Phi) is 5.63. The quantitative estimate of drug-likeness (QED) is 0.873. The van der Waals surface area contributed by atoms with Crippen LogP contribution in [-0.4, -0.2) is 19.1 Å². The Morgan fingerprint density at radius 3 is 2.48 bits per heavy atom. The molecule has 0 radical (unpaired) electrons. The maximum absolute atomic E-state index is 12.5. The number of nitrogens with one attached hydrogen (secondary N) is 1. The van der Waals surface area contributed by atoms with E-state index in [0.29, 0.717) is 17.9 Å². The second kappa shape index (κ2) is 7.68. The second-order valence-corrected chi connectivity index (χ2v) is 5.47. The van der Waals surface area contributed by atoms with Crippen molar-refractivity contribution >= 4 is 11.6 Å². The zero-order valence-electron chi connectivity index (χ0n) is 14.1. The molecule has 4 nitrogen and oxygen atoms in total. The summed E-state index contributed by atoms with van der Waals surface area (Å²) in [7, 11) is 1.58. The third-order valence-electron chi connectivity index (χ3n) is 3.65. The third kappa shape index (κ3) is 4.25. The zero-order valence-corrected chi connectivity index (χ0v) is 14.1. The summed E-state index contributed by atoms with van der Waals surface area (Å²) in [6.45, 7) is 5.89. The van der Waals surface area contributed by atoms with E-state index in [4.69, 9.17) is 9.47 Å². The SMILES string of the molecule is CCC(Oc1ccccc1OC)C(=O)Nc1cc(C)ccc1C. The maximum Gasteiger partial charge on any atom is 0.265 e. The van der Waals surface area contributed by atoms with Crippen molar-refractivity contribution in [1.82, 2.24) is 0 Å². The molecule has 1 N–H and O–H groups in total. The molecule has 0 saturated heterocycles. The number of methoxy groups -OCH3 is 1. The van der Waals surface area contributed by atoms with Crippen molar-refractivity contribution in [2.24, 2.45) is 0 Å². The molecule has 122 valence electrons. The smallest absolute Gasteiger partial charge is 0.265 e. The summed E-state index contributed by atoms with van der Waals surface area (Å²) in [5.41, 5.74) is 2.94. The Hall–Kier alpha value is -2.49.